The van der Waals surface area contributed by atoms with Crippen molar-refractivity contribution in [3.8, 4) is 0 Å². The van der Waals surface area contributed by atoms with Crippen molar-refractivity contribution in [3.05, 3.63) is 26.7 Å². The van der Waals surface area contributed by atoms with E-state index >= 15 is 0 Å². The molecule has 7 nitrogen and oxygen atoms in total. The quantitative estimate of drug-likeness (QED) is 0.442. The van der Waals surface area contributed by atoms with Crippen LogP contribution in [0.2, 0.25) is 0 Å². The number of nitrogens with two attached hydrogens (primary N) is 1. The number of nitrogens with zero attached hydrogens (tertiary/aromatic N) is 3. The highest BCUT2D eigenvalue weighted by Crippen LogP contribution is 2.11. The molecule has 0 aliphatic carbocycles. The zero-order chi connectivity index (χ0) is 9.30. The van der Waals surface area contributed by atoms with Crippen molar-refractivity contribution in [2.24, 2.45) is 7.05 Å². The molecule has 0 aliphatic heterocycles. The second-order valence-electron chi connectivity index (χ2n) is 2.13. The van der Waals surface area contributed by atoms with Crippen LogP contribution in [0, 0.1) is 10.1 Å². The van der Waals surface area contributed by atoms with Crippen molar-refractivity contribution >= 4 is 11.4 Å². The molecule has 0 fully saturated rings. The summed E-state index contributed by atoms with van der Waals surface area (Å²) in [6, 6.07) is 0. The van der Waals surface area contributed by atoms with E-state index in [0.29, 0.717) is 0 Å². The number of nitrogen functional groups attached to an aromatic ring is 1. The molecule has 0 radical (unpaired) electrons. The van der Waals surface area contributed by atoms with Gasteiger partial charge in [0.1, 0.15) is 5.69 Å². The first-order valence-electron chi connectivity index (χ1n) is 3.00. The summed E-state index contributed by atoms with van der Waals surface area (Å²) < 4.78 is 0.856. The van der Waals surface area contributed by atoms with E-state index < -0.39 is 16.2 Å². The molecule has 2 N–H and O–H groups in total. The number of nitro groups is 1. The molecule has 0 atom stereocenters. The Hall–Kier alpha value is -1.92. The first kappa shape index (κ1) is 8.18. The minimum atomic E-state index is -0.820. The molecule has 1 aromatic heterocycles. The summed E-state index contributed by atoms with van der Waals surface area (Å²) >= 11 is 0. The molecule has 1 heterocycles. The van der Waals surface area contributed by atoms with Crippen LogP contribution in [0.4, 0.5) is 11.4 Å². The highest BCUT2D eigenvalue weighted by molar-refractivity contribution is 5.53. The summed E-state index contributed by atoms with van der Waals surface area (Å²) in [6.45, 7) is 0. The molecule has 1 rings (SSSR count). The van der Waals surface area contributed by atoms with Gasteiger partial charge in [-0.1, -0.05) is 0 Å². The lowest BCUT2D eigenvalue weighted by molar-refractivity contribution is -0.385. The summed E-state index contributed by atoms with van der Waals surface area (Å²) in [5, 5.41) is 13.8. The Balaban J connectivity index is 3.55. The van der Waals surface area contributed by atoms with E-state index in [9.17, 15) is 14.9 Å². The standard InChI is InChI=1S/C5H6N4O3/c1-8-5(10)4(9(11)12)3(6)2-7-8/h2H,6H2,1H3. The smallest absolute Gasteiger partial charge is 0.359 e. The highest BCUT2D eigenvalue weighted by atomic mass is 16.6. The molecule has 0 aliphatic rings. The van der Waals surface area contributed by atoms with E-state index in [0.717, 1.165) is 10.9 Å². The maximum atomic E-state index is 11.0. The number of aromatic nitrogens is 2. The van der Waals surface area contributed by atoms with E-state index in [1.54, 1.807) is 0 Å². The molecule has 64 valence electrons. The van der Waals surface area contributed by atoms with Gasteiger partial charge in [-0.05, 0) is 0 Å². The van der Waals surface area contributed by atoms with Gasteiger partial charge in [0.2, 0.25) is 0 Å². The van der Waals surface area contributed by atoms with Crippen LogP contribution in [0.15, 0.2) is 11.0 Å². The van der Waals surface area contributed by atoms with Crippen LogP contribution in [0.3, 0.4) is 0 Å². The molecule has 1 aromatic rings. The second kappa shape index (κ2) is 2.61. The van der Waals surface area contributed by atoms with Crippen LogP contribution >= 0.6 is 0 Å². The number of rotatable bonds is 1. The zero-order valence-corrected chi connectivity index (χ0v) is 6.22. The Morgan fingerprint density at radius 2 is 2.33 bits per heavy atom. The molecule has 0 saturated heterocycles. The maximum absolute atomic E-state index is 11.0. The van der Waals surface area contributed by atoms with E-state index in [2.05, 4.69) is 5.10 Å². The van der Waals surface area contributed by atoms with Gasteiger partial charge in [-0.25, -0.2) is 4.68 Å². The topological polar surface area (TPSA) is 104 Å². The Morgan fingerprint density at radius 3 is 2.75 bits per heavy atom. The average molecular weight is 170 g/mol. The van der Waals surface area contributed by atoms with Crippen LogP contribution in [-0.2, 0) is 7.05 Å². The highest BCUT2D eigenvalue weighted by Gasteiger charge is 2.18. The Morgan fingerprint density at radius 1 is 1.75 bits per heavy atom. The molecule has 0 saturated carbocycles. The van der Waals surface area contributed by atoms with Crippen LogP contribution in [0.5, 0.6) is 0 Å². The van der Waals surface area contributed by atoms with Gasteiger partial charge in [-0.3, -0.25) is 14.9 Å². The van der Waals surface area contributed by atoms with Gasteiger partial charge in [0.25, 0.3) is 0 Å². The lowest BCUT2D eigenvalue weighted by Gasteiger charge is -1.97. The maximum Gasteiger partial charge on any atom is 0.359 e. The fraction of sp³-hybridized carbons (Fsp3) is 0.200. The minimum absolute atomic E-state index is 0.219. The molecule has 0 aromatic carbocycles. The van der Waals surface area contributed by atoms with Crippen LogP contribution in [-0.4, -0.2) is 14.7 Å². The molecule has 0 unspecified atom stereocenters. The Bertz CT molecular complexity index is 383. The van der Waals surface area contributed by atoms with Gasteiger partial charge in [0, 0.05) is 7.05 Å². The van der Waals surface area contributed by atoms with Gasteiger partial charge in [0.05, 0.1) is 11.1 Å². The third kappa shape index (κ3) is 1.11. The van der Waals surface area contributed by atoms with Crippen molar-refractivity contribution in [2.45, 2.75) is 0 Å². The summed E-state index contributed by atoms with van der Waals surface area (Å²) in [5.41, 5.74) is 3.52. The Labute approximate surface area is 66.6 Å². The van der Waals surface area contributed by atoms with Gasteiger partial charge in [-0.2, -0.15) is 5.10 Å². The third-order valence-corrected chi connectivity index (χ3v) is 1.32. The summed E-state index contributed by atoms with van der Waals surface area (Å²) in [6.07, 6.45) is 1.07. The van der Waals surface area contributed by atoms with E-state index in [1.165, 1.54) is 7.05 Å². The van der Waals surface area contributed by atoms with Crippen LogP contribution < -0.4 is 11.3 Å². The van der Waals surface area contributed by atoms with Crippen molar-refractivity contribution in [1.29, 1.82) is 0 Å². The average Bonchev–Trinajstić information content (AvgIpc) is 1.97. The van der Waals surface area contributed by atoms with Crippen molar-refractivity contribution < 1.29 is 4.92 Å². The Kier molecular flexibility index (Phi) is 1.78. The van der Waals surface area contributed by atoms with E-state index in [1.807, 2.05) is 0 Å². The lowest BCUT2D eigenvalue weighted by Crippen LogP contribution is -2.23. The van der Waals surface area contributed by atoms with Gasteiger partial charge in [-0.15, -0.1) is 0 Å². The molecular weight excluding hydrogens is 164 g/mol. The summed E-state index contributed by atoms with van der Waals surface area (Å²) in [4.78, 5) is 20.5. The number of hydrogen-bond acceptors (Lipinski definition) is 5. The summed E-state index contributed by atoms with van der Waals surface area (Å²) in [5.74, 6) is 0. The second-order valence-corrected chi connectivity index (χ2v) is 2.13. The van der Waals surface area contributed by atoms with Crippen molar-refractivity contribution in [3.63, 3.8) is 0 Å². The van der Waals surface area contributed by atoms with Crippen molar-refractivity contribution in [2.75, 3.05) is 5.73 Å². The molecule has 0 amide bonds. The normalized spacial score (nSPS) is 9.75. The predicted molar refractivity (Wildman–Crippen MR) is 40.5 cm³/mol. The number of anilines is 1. The fourth-order valence-electron chi connectivity index (χ4n) is 0.723. The minimum Gasteiger partial charge on any atom is -0.392 e. The molecule has 0 spiro atoms. The third-order valence-electron chi connectivity index (χ3n) is 1.32. The predicted octanol–water partition coefficient (Wildman–Crippen LogP) is -0.729. The molecular formula is C5H6N4O3. The van der Waals surface area contributed by atoms with Crippen LogP contribution in [0.25, 0.3) is 0 Å². The lowest BCUT2D eigenvalue weighted by atomic mass is 10.4. The van der Waals surface area contributed by atoms with Gasteiger partial charge >= 0.3 is 11.2 Å². The molecule has 7 heteroatoms. The summed E-state index contributed by atoms with van der Waals surface area (Å²) in [7, 11) is 1.31. The van der Waals surface area contributed by atoms with E-state index in [-0.39, 0.29) is 5.69 Å². The van der Waals surface area contributed by atoms with Crippen LogP contribution in [0.1, 0.15) is 0 Å². The van der Waals surface area contributed by atoms with Crippen molar-refractivity contribution in [1.82, 2.24) is 9.78 Å². The monoisotopic (exact) mass is 170 g/mol. The molecule has 12 heavy (non-hydrogen) atoms. The SMILES string of the molecule is Cn1ncc(N)c([N+](=O)[O-])c1=O. The number of aryl methyl sites for hydroxylation is 1. The van der Waals surface area contributed by atoms with E-state index in [4.69, 9.17) is 5.73 Å². The van der Waals surface area contributed by atoms with Gasteiger partial charge in [0.15, 0.2) is 0 Å². The fourth-order valence-corrected chi connectivity index (χ4v) is 0.723. The number of hydrogen-bond donors (Lipinski definition) is 1. The zero-order valence-electron chi connectivity index (χ0n) is 6.22. The van der Waals surface area contributed by atoms with Gasteiger partial charge < -0.3 is 5.73 Å². The first-order chi connectivity index (χ1) is 5.54. The molecule has 0 bridgehead atoms. The first-order valence-corrected chi connectivity index (χ1v) is 3.00. The largest absolute Gasteiger partial charge is 0.392 e.